The third kappa shape index (κ3) is 4.18. The van der Waals surface area contributed by atoms with Crippen molar-refractivity contribution >= 4 is 23.0 Å². The third-order valence-corrected chi connectivity index (χ3v) is 6.93. The van der Waals surface area contributed by atoms with Crippen molar-refractivity contribution < 1.29 is 13.9 Å². The maximum atomic E-state index is 13.6. The van der Waals surface area contributed by atoms with E-state index in [1.54, 1.807) is 7.11 Å². The molecule has 2 fully saturated rings. The standard InChI is InChI=1S/C26H31N3O3/c1-31-21-12-10-19(11-13-21)23-8-3-2-6-16-29(23)25(30)20-14-17-28(18-15-20)26-27-22-7-4-5-9-24(22)32-26/h4-5,7,9-13,20,23H,2-3,6,8,14-18H2,1H3/t23-/m0/s1. The molecule has 1 atom stereocenters. The highest BCUT2D eigenvalue weighted by Crippen LogP contribution is 2.34. The van der Waals surface area contributed by atoms with Crippen molar-refractivity contribution in [2.24, 2.45) is 5.92 Å². The van der Waals surface area contributed by atoms with Gasteiger partial charge in [0.2, 0.25) is 5.91 Å². The Hall–Kier alpha value is -3.02. The summed E-state index contributed by atoms with van der Waals surface area (Å²) in [5.41, 5.74) is 2.91. The van der Waals surface area contributed by atoms with Crippen LogP contribution in [-0.4, -0.2) is 42.5 Å². The predicted octanol–water partition coefficient (Wildman–Crippen LogP) is 5.20. The number of oxazole rings is 1. The van der Waals surface area contributed by atoms with Gasteiger partial charge in [0.05, 0.1) is 13.2 Å². The highest BCUT2D eigenvalue weighted by Gasteiger charge is 2.34. The van der Waals surface area contributed by atoms with Crippen LogP contribution in [0, 0.1) is 5.92 Å². The Bertz CT molecular complexity index is 1020. The molecule has 0 radical (unpaired) electrons. The van der Waals surface area contributed by atoms with Crippen LogP contribution in [0.4, 0.5) is 6.01 Å². The topological polar surface area (TPSA) is 58.8 Å². The molecule has 2 aliphatic heterocycles. The summed E-state index contributed by atoms with van der Waals surface area (Å²) in [4.78, 5) is 22.6. The molecule has 0 saturated carbocycles. The van der Waals surface area contributed by atoms with Crippen molar-refractivity contribution in [3.63, 3.8) is 0 Å². The molecule has 6 heteroatoms. The van der Waals surface area contributed by atoms with Crippen LogP contribution in [0.2, 0.25) is 0 Å². The van der Waals surface area contributed by atoms with Gasteiger partial charge in [-0.05, 0) is 55.5 Å². The number of hydrogen-bond acceptors (Lipinski definition) is 5. The number of aromatic nitrogens is 1. The molecular weight excluding hydrogens is 402 g/mol. The average molecular weight is 434 g/mol. The summed E-state index contributed by atoms with van der Waals surface area (Å²) in [6.07, 6.45) is 6.13. The van der Waals surface area contributed by atoms with Crippen LogP contribution < -0.4 is 9.64 Å². The quantitative estimate of drug-likeness (QED) is 0.566. The SMILES string of the molecule is COc1ccc([C@@H]2CCCCCN2C(=O)C2CCN(c3nc4ccccc4o3)CC2)cc1. The Morgan fingerprint density at radius 2 is 1.75 bits per heavy atom. The van der Waals surface area contributed by atoms with Gasteiger partial charge in [-0.3, -0.25) is 4.79 Å². The molecule has 6 nitrogen and oxygen atoms in total. The van der Waals surface area contributed by atoms with Gasteiger partial charge in [-0.15, -0.1) is 0 Å². The molecule has 3 aromatic rings. The molecule has 0 spiro atoms. The highest BCUT2D eigenvalue weighted by atomic mass is 16.5. The Morgan fingerprint density at radius 3 is 2.50 bits per heavy atom. The van der Waals surface area contributed by atoms with Gasteiger partial charge in [0.25, 0.3) is 6.01 Å². The fraction of sp³-hybridized carbons (Fsp3) is 0.462. The smallest absolute Gasteiger partial charge is 0.298 e. The minimum Gasteiger partial charge on any atom is -0.497 e. The number of fused-ring (bicyclic) bond motifs is 1. The first-order chi connectivity index (χ1) is 15.7. The van der Waals surface area contributed by atoms with Crippen LogP contribution in [0.5, 0.6) is 5.75 Å². The minimum atomic E-state index is 0.0643. The number of piperidine rings is 1. The number of methoxy groups -OCH3 is 1. The Kier molecular flexibility index (Phi) is 6.02. The van der Waals surface area contributed by atoms with Crippen LogP contribution in [-0.2, 0) is 4.79 Å². The molecule has 5 rings (SSSR count). The van der Waals surface area contributed by atoms with Crippen LogP contribution >= 0.6 is 0 Å². The van der Waals surface area contributed by atoms with Crippen LogP contribution in [0.15, 0.2) is 52.9 Å². The Morgan fingerprint density at radius 1 is 0.969 bits per heavy atom. The molecule has 168 valence electrons. The van der Waals surface area contributed by atoms with Crippen molar-refractivity contribution in [3.05, 3.63) is 54.1 Å². The van der Waals surface area contributed by atoms with E-state index in [9.17, 15) is 4.79 Å². The molecule has 32 heavy (non-hydrogen) atoms. The number of likely N-dealkylation sites (tertiary alicyclic amines) is 1. The summed E-state index contributed by atoms with van der Waals surface area (Å²) in [5, 5.41) is 0. The molecule has 3 heterocycles. The average Bonchev–Trinajstić information content (AvgIpc) is 3.14. The number of ether oxygens (including phenoxy) is 1. The van der Waals surface area contributed by atoms with E-state index in [0.717, 1.165) is 68.6 Å². The monoisotopic (exact) mass is 433 g/mol. The fourth-order valence-corrected chi connectivity index (χ4v) is 5.09. The summed E-state index contributed by atoms with van der Waals surface area (Å²) < 4.78 is 11.3. The molecule has 0 aliphatic carbocycles. The second-order valence-electron chi connectivity index (χ2n) is 8.90. The van der Waals surface area contributed by atoms with Crippen molar-refractivity contribution in [2.45, 2.75) is 44.6 Å². The maximum absolute atomic E-state index is 13.6. The number of carbonyl (C=O) groups is 1. The molecule has 2 saturated heterocycles. The predicted molar refractivity (Wildman–Crippen MR) is 125 cm³/mol. The van der Waals surface area contributed by atoms with Crippen molar-refractivity contribution in [2.75, 3.05) is 31.6 Å². The maximum Gasteiger partial charge on any atom is 0.298 e. The first kappa shape index (κ1) is 20.9. The molecule has 0 unspecified atom stereocenters. The highest BCUT2D eigenvalue weighted by molar-refractivity contribution is 5.80. The normalized spacial score (nSPS) is 20.3. The van der Waals surface area contributed by atoms with Crippen molar-refractivity contribution in [3.8, 4) is 5.75 Å². The van der Waals surface area contributed by atoms with Crippen LogP contribution in [0.3, 0.4) is 0 Å². The van der Waals surface area contributed by atoms with E-state index < -0.39 is 0 Å². The van der Waals surface area contributed by atoms with Gasteiger partial charge in [-0.25, -0.2) is 0 Å². The van der Waals surface area contributed by atoms with E-state index in [1.165, 1.54) is 12.0 Å². The van der Waals surface area contributed by atoms with E-state index in [4.69, 9.17) is 9.15 Å². The van der Waals surface area contributed by atoms with Gasteiger partial charge in [0, 0.05) is 25.6 Å². The van der Waals surface area contributed by atoms with E-state index in [-0.39, 0.29) is 12.0 Å². The minimum absolute atomic E-state index is 0.0643. The Balaban J connectivity index is 1.28. The summed E-state index contributed by atoms with van der Waals surface area (Å²) in [5.74, 6) is 1.23. The number of para-hydroxylation sites is 2. The number of anilines is 1. The summed E-state index contributed by atoms with van der Waals surface area (Å²) >= 11 is 0. The van der Waals surface area contributed by atoms with E-state index in [2.05, 4.69) is 26.9 Å². The van der Waals surface area contributed by atoms with Gasteiger partial charge in [-0.1, -0.05) is 37.1 Å². The van der Waals surface area contributed by atoms with Crippen molar-refractivity contribution in [1.82, 2.24) is 9.88 Å². The lowest BCUT2D eigenvalue weighted by molar-refractivity contribution is -0.138. The van der Waals surface area contributed by atoms with Gasteiger partial charge in [0.15, 0.2) is 5.58 Å². The van der Waals surface area contributed by atoms with Crippen LogP contribution in [0.25, 0.3) is 11.1 Å². The van der Waals surface area contributed by atoms with Crippen molar-refractivity contribution in [1.29, 1.82) is 0 Å². The molecule has 1 aromatic heterocycles. The zero-order valence-electron chi connectivity index (χ0n) is 18.7. The number of amides is 1. The fourth-order valence-electron chi connectivity index (χ4n) is 5.09. The number of hydrogen-bond donors (Lipinski definition) is 0. The molecular formula is C26H31N3O3. The number of rotatable bonds is 4. The number of carbonyl (C=O) groups excluding carboxylic acids is 1. The van der Waals surface area contributed by atoms with Gasteiger partial charge >= 0.3 is 0 Å². The van der Waals surface area contributed by atoms with E-state index in [1.807, 2.05) is 36.4 Å². The number of nitrogens with zero attached hydrogens (tertiary/aromatic N) is 3. The summed E-state index contributed by atoms with van der Waals surface area (Å²) in [6, 6.07) is 16.9. The molecule has 0 N–H and O–H groups in total. The lowest BCUT2D eigenvalue weighted by Gasteiger charge is -2.37. The summed E-state index contributed by atoms with van der Waals surface area (Å²) in [7, 11) is 1.68. The second kappa shape index (κ2) is 9.23. The van der Waals surface area contributed by atoms with E-state index >= 15 is 0 Å². The molecule has 0 bridgehead atoms. The first-order valence-electron chi connectivity index (χ1n) is 11.8. The zero-order chi connectivity index (χ0) is 21.9. The first-order valence-corrected chi connectivity index (χ1v) is 11.8. The van der Waals surface area contributed by atoms with Gasteiger partial charge in [0.1, 0.15) is 11.3 Å². The van der Waals surface area contributed by atoms with Gasteiger partial charge in [-0.2, -0.15) is 4.98 Å². The molecule has 2 aliphatic rings. The molecule has 1 amide bonds. The largest absolute Gasteiger partial charge is 0.497 e. The molecule has 2 aromatic carbocycles. The van der Waals surface area contributed by atoms with E-state index in [0.29, 0.717) is 11.9 Å². The zero-order valence-corrected chi connectivity index (χ0v) is 18.7. The van der Waals surface area contributed by atoms with Gasteiger partial charge < -0.3 is 19.0 Å². The number of benzene rings is 2. The lowest BCUT2D eigenvalue weighted by atomic mass is 9.93. The second-order valence-corrected chi connectivity index (χ2v) is 8.90. The third-order valence-electron chi connectivity index (χ3n) is 6.93. The summed E-state index contributed by atoms with van der Waals surface area (Å²) in [6.45, 7) is 2.44. The lowest BCUT2D eigenvalue weighted by Crippen LogP contribution is -2.44. The Labute approximate surface area is 189 Å². The van der Waals surface area contributed by atoms with Crippen LogP contribution in [0.1, 0.15) is 50.1 Å².